The molecule has 0 aromatic heterocycles. The van der Waals surface area contributed by atoms with Gasteiger partial charge in [0, 0.05) is 17.9 Å². The van der Waals surface area contributed by atoms with Gasteiger partial charge in [-0.05, 0) is 221 Å². The summed E-state index contributed by atoms with van der Waals surface area (Å²) in [5, 5.41) is 0. The van der Waals surface area contributed by atoms with E-state index in [0.29, 0.717) is 27.6 Å². The summed E-state index contributed by atoms with van der Waals surface area (Å²) in [7, 11) is 2.34. The SMILES string of the molecule is C=C(C)c1cc(N2CCCc3c2ccc(CC2=Cc4ccccc4C2)c3C)ccc1C1=C(C)C(CC23CC4(C)CC(C)(C2)CC(C2CCN(C)CC2)(C4)C3)C=C1. The smallest absolute Gasteiger partial charge is 0.0446 e. The fourth-order valence-electron chi connectivity index (χ4n) is 15.3. The van der Waals surface area contributed by atoms with E-state index >= 15 is 0 Å². The van der Waals surface area contributed by atoms with Gasteiger partial charge in [-0.2, -0.15) is 0 Å². The van der Waals surface area contributed by atoms with Crippen molar-refractivity contribution < 1.29 is 0 Å². The number of hydrogen-bond acceptors (Lipinski definition) is 2. The first kappa shape index (κ1) is 36.7. The van der Waals surface area contributed by atoms with Crippen LogP contribution in [0.4, 0.5) is 11.4 Å². The second-order valence-corrected chi connectivity index (χ2v) is 21.4. The molecule has 1 saturated heterocycles. The maximum Gasteiger partial charge on any atom is 0.0446 e. The Balaban J connectivity index is 0.911. The van der Waals surface area contributed by atoms with Crippen molar-refractivity contribution in [2.24, 2.45) is 33.5 Å². The van der Waals surface area contributed by atoms with Crippen molar-refractivity contribution in [2.75, 3.05) is 31.6 Å². The van der Waals surface area contributed by atoms with Crippen LogP contribution in [0.5, 0.6) is 0 Å². The summed E-state index contributed by atoms with van der Waals surface area (Å²) in [6, 6.07) is 21.0. The van der Waals surface area contributed by atoms with Crippen LogP contribution in [0.2, 0.25) is 0 Å². The van der Waals surface area contributed by atoms with E-state index in [1.54, 1.807) is 5.57 Å². The second kappa shape index (κ2) is 13.2. The number of piperidine rings is 1. The van der Waals surface area contributed by atoms with Crippen molar-refractivity contribution in [2.45, 2.75) is 118 Å². The molecule has 56 heavy (non-hydrogen) atoms. The Kier molecular flexibility index (Phi) is 8.65. The molecule has 0 N–H and O–H groups in total. The highest BCUT2D eigenvalue weighted by atomic mass is 15.1. The average molecular weight is 743 g/mol. The van der Waals surface area contributed by atoms with E-state index < -0.39 is 0 Å². The molecule has 2 heteroatoms. The van der Waals surface area contributed by atoms with E-state index in [4.69, 9.17) is 0 Å². The summed E-state index contributed by atoms with van der Waals surface area (Å²) >= 11 is 0. The summed E-state index contributed by atoms with van der Waals surface area (Å²) in [6.45, 7) is 20.7. The normalized spacial score (nSPS) is 32.3. The first-order valence-corrected chi connectivity index (χ1v) is 22.4. The minimum atomic E-state index is 0.479. The van der Waals surface area contributed by atoms with E-state index in [2.05, 4.69) is 131 Å². The molecule has 0 radical (unpaired) electrons. The molecule has 3 aromatic carbocycles. The van der Waals surface area contributed by atoms with Gasteiger partial charge in [-0.1, -0.05) is 91.8 Å². The minimum absolute atomic E-state index is 0.479. The van der Waals surface area contributed by atoms with Gasteiger partial charge in [0.1, 0.15) is 0 Å². The fraction of sp³-hybridized carbons (Fsp3) is 0.519. The molecule has 2 nitrogen and oxygen atoms in total. The molecule has 292 valence electrons. The highest BCUT2D eigenvalue weighted by molar-refractivity contribution is 5.88. The van der Waals surface area contributed by atoms with Gasteiger partial charge < -0.3 is 9.80 Å². The molecule has 0 spiro atoms. The van der Waals surface area contributed by atoms with Gasteiger partial charge in [-0.3, -0.25) is 0 Å². The summed E-state index contributed by atoms with van der Waals surface area (Å²) in [5.41, 5.74) is 20.6. The number of likely N-dealkylation sites (tertiary alicyclic amines) is 1. The molecular formula is C54H66N2. The molecule has 3 aromatic rings. The van der Waals surface area contributed by atoms with E-state index in [1.807, 2.05) is 0 Å². The molecular weight excluding hydrogens is 677 g/mol. The highest BCUT2D eigenvalue weighted by Crippen LogP contribution is 2.77. The lowest BCUT2D eigenvalue weighted by atomic mass is 9.33. The Morgan fingerprint density at radius 3 is 2.39 bits per heavy atom. The Hall–Kier alpha value is -3.62. The third-order valence-electron chi connectivity index (χ3n) is 16.6. The molecule has 2 aliphatic heterocycles. The Bertz CT molecular complexity index is 2180. The topological polar surface area (TPSA) is 6.48 Å². The van der Waals surface area contributed by atoms with Crippen LogP contribution in [0, 0.1) is 40.4 Å². The van der Waals surface area contributed by atoms with Crippen LogP contribution < -0.4 is 4.90 Å². The quantitative estimate of drug-likeness (QED) is 0.227. The lowest BCUT2D eigenvalue weighted by molar-refractivity contribution is -0.216. The van der Waals surface area contributed by atoms with Crippen LogP contribution in [0.3, 0.4) is 0 Å². The Morgan fingerprint density at radius 2 is 1.64 bits per heavy atom. The molecule has 2 heterocycles. The van der Waals surface area contributed by atoms with Crippen molar-refractivity contribution in [3.05, 3.63) is 123 Å². The fourth-order valence-corrected chi connectivity index (χ4v) is 15.3. The number of nitrogens with zero attached hydrogens (tertiary/aromatic N) is 2. The predicted molar refractivity (Wildman–Crippen MR) is 238 cm³/mol. The summed E-state index contributed by atoms with van der Waals surface area (Å²) in [5.74, 6) is 1.47. The highest BCUT2D eigenvalue weighted by Gasteiger charge is 2.67. The van der Waals surface area contributed by atoms with E-state index in [0.717, 1.165) is 37.3 Å². The number of allylic oxidation sites excluding steroid dienone is 6. The second-order valence-electron chi connectivity index (χ2n) is 21.4. The van der Waals surface area contributed by atoms with Gasteiger partial charge in [-0.15, -0.1) is 0 Å². The molecule has 3 atom stereocenters. The third kappa shape index (κ3) is 6.15. The molecule has 6 aliphatic carbocycles. The van der Waals surface area contributed by atoms with Gasteiger partial charge in [0.15, 0.2) is 0 Å². The zero-order valence-electron chi connectivity index (χ0n) is 35.5. The zero-order valence-corrected chi connectivity index (χ0v) is 35.5. The average Bonchev–Trinajstić information content (AvgIpc) is 3.72. The Labute approximate surface area is 338 Å². The van der Waals surface area contributed by atoms with Crippen LogP contribution in [-0.2, 0) is 19.3 Å². The van der Waals surface area contributed by atoms with Gasteiger partial charge in [-0.25, -0.2) is 0 Å². The first-order valence-electron chi connectivity index (χ1n) is 22.4. The number of fused-ring (bicyclic) bond motifs is 2. The van der Waals surface area contributed by atoms with Gasteiger partial charge in [0.25, 0.3) is 0 Å². The van der Waals surface area contributed by atoms with E-state index in [9.17, 15) is 0 Å². The predicted octanol–water partition coefficient (Wildman–Crippen LogP) is 13.4. The number of hydrogen-bond donors (Lipinski definition) is 0. The number of rotatable bonds is 8. The summed E-state index contributed by atoms with van der Waals surface area (Å²) < 4.78 is 0. The van der Waals surface area contributed by atoms with Crippen LogP contribution in [0.25, 0.3) is 17.2 Å². The van der Waals surface area contributed by atoms with Crippen LogP contribution in [0.15, 0.2) is 84.5 Å². The van der Waals surface area contributed by atoms with E-state index in [-0.39, 0.29) is 0 Å². The summed E-state index contributed by atoms with van der Waals surface area (Å²) in [4.78, 5) is 5.18. The van der Waals surface area contributed by atoms with Crippen LogP contribution in [-0.4, -0.2) is 31.6 Å². The van der Waals surface area contributed by atoms with Crippen molar-refractivity contribution in [3.8, 4) is 0 Å². The van der Waals surface area contributed by atoms with Gasteiger partial charge in [0.2, 0.25) is 0 Å². The molecule has 3 unspecified atom stereocenters. The van der Waals surface area contributed by atoms with Crippen LogP contribution in [0.1, 0.15) is 131 Å². The molecule has 0 amide bonds. The van der Waals surface area contributed by atoms with Crippen molar-refractivity contribution in [3.63, 3.8) is 0 Å². The number of anilines is 2. The van der Waals surface area contributed by atoms with Gasteiger partial charge in [0.05, 0.1) is 0 Å². The largest absolute Gasteiger partial charge is 0.341 e. The van der Waals surface area contributed by atoms with Crippen molar-refractivity contribution >= 4 is 28.6 Å². The van der Waals surface area contributed by atoms with E-state index in [1.165, 1.54) is 139 Å². The monoisotopic (exact) mass is 743 g/mol. The third-order valence-corrected chi connectivity index (χ3v) is 16.6. The summed E-state index contributed by atoms with van der Waals surface area (Å²) in [6.07, 6.45) is 25.0. The zero-order chi connectivity index (χ0) is 38.6. The minimum Gasteiger partial charge on any atom is -0.341 e. The van der Waals surface area contributed by atoms with Gasteiger partial charge >= 0.3 is 0 Å². The molecule has 4 saturated carbocycles. The molecule has 11 rings (SSSR count). The maximum atomic E-state index is 4.57. The lowest BCUT2D eigenvalue weighted by Crippen LogP contribution is -2.62. The molecule has 8 aliphatic rings. The molecule has 5 fully saturated rings. The van der Waals surface area contributed by atoms with Crippen molar-refractivity contribution in [1.82, 2.24) is 4.90 Å². The first-order chi connectivity index (χ1) is 26.8. The maximum absolute atomic E-state index is 4.57. The van der Waals surface area contributed by atoms with Crippen molar-refractivity contribution in [1.29, 1.82) is 0 Å². The number of benzene rings is 3. The Morgan fingerprint density at radius 1 is 0.875 bits per heavy atom. The lowest BCUT2D eigenvalue weighted by Gasteiger charge is -2.72. The molecule has 4 bridgehead atoms. The van der Waals surface area contributed by atoms with Crippen LogP contribution >= 0.6 is 0 Å². The standard InChI is InChI=1S/C54H66N2/c1-36(2)49-28-45(56-22-10-13-47-37(3)40(15-19-50(47)56)25-39-26-41-11-8-9-12-42(41)27-39)16-18-48(49)46-17-14-43(38(46)4)29-53-31-51(5)30-52(6,32-53)34-54(33-51,35-53)44-20-23-55(7)24-21-44/h8-9,11-12,14-19,26,28,43-44H,1,10,13,20-25,27,29-35H2,2-7H3.